The van der Waals surface area contributed by atoms with Crippen molar-refractivity contribution in [1.29, 1.82) is 0 Å². The first kappa shape index (κ1) is 15.3. The number of hydrogen-bond donors (Lipinski definition) is 1. The lowest BCUT2D eigenvalue weighted by atomic mass is 9.92. The van der Waals surface area contributed by atoms with E-state index in [4.69, 9.17) is 5.11 Å². The molecule has 0 aromatic rings. The number of carbonyl (C=O) groups is 3. The monoisotopic (exact) mass is 272 g/mol. The summed E-state index contributed by atoms with van der Waals surface area (Å²) >= 11 is 0. The number of piperidine rings is 1. The molecule has 7 nitrogen and oxygen atoms in total. The van der Waals surface area contributed by atoms with Gasteiger partial charge in [-0.05, 0) is 19.8 Å². The fourth-order valence-electron chi connectivity index (χ4n) is 2.23. The quantitative estimate of drug-likeness (QED) is 0.751. The van der Waals surface area contributed by atoms with Crippen molar-refractivity contribution >= 4 is 18.0 Å². The van der Waals surface area contributed by atoms with E-state index in [1.54, 1.807) is 4.90 Å². The van der Waals surface area contributed by atoms with Gasteiger partial charge in [0.25, 0.3) is 0 Å². The Kier molecular flexibility index (Phi) is 5.14. The Labute approximate surface area is 112 Å². The minimum Gasteiger partial charge on any atom is -0.481 e. The summed E-state index contributed by atoms with van der Waals surface area (Å²) in [6.07, 6.45) is 0.880. The van der Waals surface area contributed by atoms with Crippen LogP contribution in [0.5, 0.6) is 0 Å². The summed E-state index contributed by atoms with van der Waals surface area (Å²) in [5, 5.41) is 8.97. The van der Waals surface area contributed by atoms with Crippen molar-refractivity contribution < 1.29 is 24.2 Å². The molecule has 1 heterocycles. The maximum atomic E-state index is 12.1. The predicted octanol–water partition coefficient (Wildman–Crippen LogP) is 0.396. The summed E-state index contributed by atoms with van der Waals surface area (Å²) in [5.74, 6) is -1.70. The largest absolute Gasteiger partial charge is 0.481 e. The number of carboxylic acid groups (broad SMARTS) is 1. The Balaban J connectivity index is 2.58. The van der Waals surface area contributed by atoms with Crippen LogP contribution in [0.2, 0.25) is 0 Å². The summed E-state index contributed by atoms with van der Waals surface area (Å²) < 4.78 is 4.50. The second-order valence-corrected chi connectivity index (χ2v) is 4.82. The Morgan fingerprint density at radius 1 is 1.42 bits per heavy atom. The number of aliphatic carboxylic acids is 1. The first-order chi connectivity index (χ1) is 8.86. The van der Waals surface area contributed by atoms with E-state index in [9.17, 15) is 14.4 Å². The molecule has 0 aliphatic carbocycles. The van der Waals surface area contributed by atoms with Crippen LogP contribution in [-0.2, 0) is 14.3 Å². The summed E-state index contributed by atoms with van der Waals surface area (Å²) in [4.78, 5) is 37.1. The summed E-state index contributed by atoms with van der Waals surface area (Å²) in [6, 6.07) is -0.427. The van der Waals surface area contributed by atoms with Crippen molar-refractivity contribution in [2.45, 2.75) is 25.8 Å². The third kappa shape index (κ3) is 3.84. The summed E-state index contributed by atoms with van der Waals surface area (Å²) in [7, 11) is 2.79. The van der Waals surface area contributed by atoms with E-state index in [1.807, 2.05) is 6.92 Å². The molecule has 2 amide bonds. The molecule has 0 saturated carbocycles. The van der Waals surface area contributed by atoms with Gasteiger partial charge in [0.05, 0.1) is 13.0 Å². The summed E-state index contributed by atoms with van der Waals surface area (Å²) in [6.45, 7) is 2.10. The number of ether oxygens (including phenoxy) is 1. The van der Waals surface area contributed by atoms with Crippen molar-refractivity contribution in [2.24, 2.45) is 5.92 Å². The third-order valence-corrected chi connectivity index (χ3v) is 3.39. The number of rotatable bonds is 3. The molecule has 108 valence electrons. The van der Waals surface area contributed by atoms with Crippen LogP contribution in [0.1, 0.15) is 19.8 Å². The van der Waals surface area contributed by atoms with Gasteiger partial charge in [-0.15, -0.1) is 0 Å². The number of nitrogens with zero attached hydrogens (tertiary/aromatic N) is 2. The minimum atomic E-state index is -0.818. The molecular formula is C12H20N2O5. The lowest BCUT2D eigenvalue weighted by Gasteiger charge is -2.38. The number of esters is 1. The number of likely N-dealkylation sites (N-methyl/N-ethyl adjacent to an activating group) is 1. The van der Waals surface area contributed by atoms with E-state index in [0.717, 1.165) is 0 Å². The standard InChI is InChI=1S/C12H20N2O5/c1-8-6-9(11(16)17)4-5-14(8)12(18)13(2)7-10(15)19-3/h8-9H,4-7H2,1-3H3,(H,16,17). The first-order valence-corrected chi connectivity index (χ1v) is 6.18. The molecule has 0 aromatic heterocycles. The van der Waals surface area contributed by atoms with Crippen LogP contribution in [0.3, 0.4) is 0 Å². The highest BCUT2D eigenvalue weighted by Crippen LogP contribution is 2.23. The molecule has 1 aliphatic rings. The molecule has 1 fully saturated rings. The molecular weight excluding hydrogens is 252 g/mol. The SMILES string of the molecule is COC(=O)CN(C)C(=O)N1CCC(C(=O)O)CC1C. The highest BCUT2D eigenvalue weighted by molar-refractivity contribution is 5.81. The smallest absolute Gasteiger partial charge is 0.325 e. The number of carboxylic acids is 1. The van der Waals surface area contributed by atoms with E-state index in [0.29, 0.717) is 19.4 Å². The summed E-state index contributed by atoms with van der Waals surface area (Å²) in [5.41, 5.74) is 0. The van der Waals surface area contributed by atoms with E-state index in [1.165, 1.54) is 19.1 Å². The molecule has 7 heteroatoms. The van der Waals surface area contributed by atoms with E-state index in [2.05, 4.69) is 4.74 Å². The van der Waals surface area contributed by atoms with Crippen LogP contribution in [0.15, 0.2) is 0 Å². The van der Waals surface area contributed by atoms with Crippen molar-refractivity contribution in [3.8, 4) is 0 Å². The molecule has 19 heavy (non-hydrogen) atoms. The molecule has 2 atom stereocenters. The fraction of sp³-hybridized carbons (Fsp3) is 0.750. The molecule has 0 aromatic carbocycles. The number of likely N-dealkylation sites (tertiary alicyclic amines) is 1. The van der Waals surface area contributed by atoms with Crippen LogP contribution in [0.4, 0.5) is 4.79 Å². The van der Waals surface area contributed by atoms with Gasteiger partial charge >= 0.3 is 18.0 Å². The Morgan fingerprint density at radius 3 is 2.53 bits per heavy atom. The number of hydrogen-bond acceptors (Lipinski definition) is 4. The number of methoxy groups -OCH3 is 1. The Morgan fingerprint density at radius 2 is 2.05 bits per heavy atom. The lowest BCUT2D eigenvalue weighted by Crippen LogP contribution is -2.51. The van der Waals surface area contributed by atoms with Gasteiger partial charge < -0.3 is 19.6 Å². The van der Waals surface area contributed by atoms with Crippen LogP contribution in [0, 0.1) is 5.92 Å². The van der Waals surface area contributed by atoms with Gasteiger partial charge in [0.2, 0.25) is 0 Å². The fourth-order valence-corrected chi connectivity index (χ4v) is 2.23. The predicted molar refractivity (Wildman–Crippen MR) is 66.6 cm³/mol. The number of urea groups is 1. The van der Waals surface area contributed by atoms with Gasteiger partial charge in [0, 0.05) is 19.6 Å². The van der Waals surface area contributed by atoms with Crippen LogP contribution in [-0.4, -0.2) is 66.2 Å². The van der Waals surface area contributed by atoms with Gasteiger partial charge in [0.1, 0.15) is 6.54 Å². The van der Waals surface area contributed by atoms with Crippen LogP contribution < -0.4 is 0 Å². The van der Waals surface area contributed by atoms with Gasteiger partial charge in [0.15, 0.2) is 0 Å². The second-order valence-electron chi connectivity index (χ2n) is 4.82. The minimum absolute atomic E-state index is 0.110. The Bertz CT molecular complexity index is 371. The number of amides is 2. The van der Waals surface area contributed by atoms with E-state index >= 15 is 0 Å². The highest BCUT2D eigenvalue weighted by atomic mass is 16.5. The molecule has 2 unspecified atom stereocenters. The van der Waals surface area contributed by atoms with Crippen molar-refractivity contribution in [3.63, 3.8) is 0 Å². The second kappa shape index (κ2) is 6.40. The van der Waals surface area contributed by atoms with Crippen molar-refractivity contribution in [2.75, 3.05) is 27.2 Å². The molecule has 1 N–H and O–H groups in total. The molecule has 0 bridgehead atoms. The highest BCUT2D eigenvalue weighted by Gasteiger charge is 2.33. The van der Waals surface area contributed by atoms with Gasteiger partial charge in [-0.25, -0.2) is 4.79 Å². The maximum absolute atomic E-state index is 12.1. The van der Waals surface area contributed by atoms with E-state index in [-0.39, 0.29) is 18.6 Å². The average Bonchev–Trinajstić information content (AvgIpc) is 2.37. The Hall–Kier alpha value is -1.79. The molecule has 0 radical (unpaired) electrons. The van der Waals surface area contributed by atoms with Gasteiger partial charge in [-0.1, -0.05) is 0 Å². The van der Waals surface area contributed by atoms with Gasteiger partial charge in [-0.3, -0.25) is 9.59 Å². The zero-order valence-electron chi connectivity index (χ0n) is 11.5. The maximum Gasteiger partial charge on any atom is 0.325 e. The normalized spacial score (nSPS) is 22.8. The first-order valence-electron chi connectivity index (χ1n) is 6.18. The lowest BCUT2D eigenvalue weighted by molar-refractivity contribution is -0.143. The molecule has 1 saturated heterocycles. The average molecular weight is 272 g/mol. The van der Waals surface area contributed by atoms with Crippen molar-refractivity contribution in [1.82, 2.24) is 9.80 Å². The zero-order chi connectivity index (χ0) is 14.6. The molecule has 1 aliphatic heterocycles. The van der Waals surface area contributed by atoms with Gasteiger partial charge in [-0.2, -0.15) is 0 Å². The van der Waals surface area contributed by atoms with Crippen molar-refractivity contribution in [3.05, 3.63) is 0 Å². The molecule has 1 rings (SSSR count). The van der Waals surface area contributed by atoms with Crippen LogP contribution in [0.25, 0.3) is 0 Å². The number of carbonyl (C=O) groups excluding carboxylic acids is 2. The third-order valence-electron chi connectivity index (χ3n) is 3.39. The zero-order valence-corrected chi connectivity index (χ0v) is 11.5. The topological polar surface area (TPSA) is 87.2 Å². The van der Waals surface area contributed by atoms with E-state index < -0.39 is 17.9 Å². The van der Waals surface area contributed by atoms with Crippen LogP contribution >= 0.6 is 0 Å². The molecule has 0 spiro atoms.